The lowest BCUT2D eigenvalue weighted by Gasteiger charge is -2.12. The van der Waals surface area contributed by atoms with Crippen molar-refractivity contribution in [2.45, 2.75) is 13.8 Å². The van der Waals surface area contributed by atoms with Gasteiger partial charge < -0.3 is 10.6 Å². The average Bonchev–Trinajstić information content (AvgIpc) is 2.17. The number of aryl methyl sites for hydroxylation is 1. The second-order valence-corrected chi connectivity index (χ2v) is 3.69. The average molecular weight is 227 g/mol. The Morgan fingerprint density at radius 3 is 2.67 bits per heavy atom. The van der Waals surface area contributed by atoms with Gasteiger partial charge >= 0.3 is 0 Å². The topological polar surface area (TPSA) is 41.1 Å². The van der Waals surface area contributed by atoms with Crippen molar-refractivity contribution >= 4 is 23.2 Å². The Morgan fingerprint density at radius 2 is 2.13 bits per heavy atom. The molecule has 1 aromatic carbocycles. The lowest BCUT2D eigenvalue weighted by Crippen LogP contribution is -2.23. The fourth-order valence-corrected chi connectivity index (χ4v) is 1.78. The number of hydrogen-bond acceptors (Lipinski definition) is 2. The van der Waals surface area contributed by atoms with Crippen molar-refractivity contribution in [2.24, 2.45) is 0 Å². The molecule has 0 saturated heterocycles. The van der Waals surface area contributed by atoms with Crippen LogP contribution in [0.2, 0.25) is 5.02 Å². The van der Waals surface area contributed by atoms with Crippen molar-refractivity contribution in [2.75, 3.05) is 18.9 Å². The molecule has 4 heteroatoms. The van der Waals surface area contributed by atoms with Crippen LogP contribution in [0.25, 0.3) is 0 Å². The molecule has 0 fully saturated rings. The second kappa shape index (κ2) is 5.03. The van der Waals surface area contributed by atoms with Crippen LogP contribution in [0, 0.1) is 6.92 Å². The largest absolute Gasteiger partial charge is 0.387 e. The molecule has 2 N–H and O–H groups in total. The van der Waals surface area contributed by atoms with Gasteiger partial charge in [0.2, 0.25) is 0 Å². The summed E-state index contributed by atoms with van der Waals surface area (Å²) in [4.78, 5) is 11.7. The molecule has 0 atom stereocenters. The Labute approximate surface area is 94.8 Å². The van der Waals surface area contributed by atoms with E-state index in [1.54, 1.807) is 13.1 Å². The monoisotopic (exact) mass is 226 g/mol. The summed E-state index contributed by atoms with van der Waals surface area (Å²) in [6, 6.07) is 3.50. The van der Waals surface area contributed by atoms with Gasteiger partial charge in [0.05, 0.1) is 5.56 Å². The summed E-state index contributed by atoms with van der Waals surface area (Å²) in [5.41, 5.74) is 2.38. The highest BCUT2D eigenvalue weighted by atomic mass is 35.5. The van der Waals surface area contributed by atoms with E-state index in [9.17, 15) is 4.79 Å². The predicted octanol–water partition coefficient (Wildman–Crippen LogP) is 2.44. The molecule has 0 aliphatic rings. The van der Waals surface area contributed by atoms with E-state index < -0.39 is 0 Å². The summed E-state index contributed by atoms with van der Waals surface area (Å²) in [7, 11) is 1.79. The Hall–Kier alpha value is -1.22. The van der Waals surface area contributed by atoms with Gasteiger partial charge in [-0.2, -0.15) is 0 Å². The van der Waals surface area contributed by atoms with Gasteiger partial charge in [0.25, 0.3) is 5.91 Å². The summed E-state index contributed by atoms with van der Waals surface area (Å²) in [5, 5.41) is 6.34. The standard InChI is InChI=1S/C11H15ClN2O/c1-4-14-11(15)9-6-8(12)5-7(2)10(9)13-3/h5-6,13H,4H2,1-3H3,(H,14,15). The lowest BCUT2D eigenvalue weighted by atomic mass is 10.1. The first kappa shape index (κ1) is 11.9. The number of carbonyl (C=O) groups excluding carboxylic acids is 1. The summed E-state index contributed by atoms with van der Waals surface area (Å²) >= 11 is 5.92. The van der Waals surface area contributed by atoms with Crippen LogP contribution in [0.1, 0.15) is 22.8 Å². The molecule has 0 bridgehead atoms. The summed E-state index contributed by atoms with van der Waals surface area (Å²) < 4.78 is 0. The number of hydrogen-bond donors (Lipinski definition) is 2. The minimum absolute atomic E-state index is 0.104. The molecular weight excluding hydrogens is 212 g/mol. The van der Waals surface area contributed by atoms with Gasteiger partial charge in [-0.25, -0.2) is 0 Å². The minimum atomic E-state index is -0.104. The molecule has 0 radical (unpaired) electrons. The first-order chi connectivity index (χ1) is 7.10. The molecule has 3 nitrogen and oxygen atoms in total. The lowest BCUT2D eigenvalue weighted by molar-refractivity contribution is 0.0956. The number of benzene rings is 1. The van der Waals surface area contributed by atoms with Gasteiger partial charge in [-0.3, -0.25) is 4.79 Å². The predicted molar refractivity (Wildman–Crippen MR) is 63.7 cm³/mol. The Morgan fingerprint density at radius 1 is 1.47 bits per heavy atom. The third kappa shape index (κ3) is 2.63. The number of amides is 1. The maximum atomic E-state index is 11.7. The molecule has 82 valence electrons. The number of nitrogens with one attached hydrogen (secondary N) is 2. The fraction of sp³-hybridized carbons (Fsp3) is 0.364. The molecule has 1 rings (SSSR count). The third-order valence-electron chi connectivity index (χ3n) is 2.13. The zero-order valence-electron chi connectivity index (χ0n) is 9.15. The molecule has 0 unspecified atom stereocenters. The molecule has 15 heavy (non-hydrogen) atoms. The Bertz CT molecular complexity index is 377. The molecule has 1 amide bonds. The Kier molecular flexibility index (Phi) is 3.97. The number of halogens is 1. The zero-order valence-corrected chi connectivity index (χ0v) is 9.90. The second-order valence-electron chi connectivity index (χ2n) is 3.25. The van der Waals surface area contributed by atoms with Crippen LogP contribution < -0.4 is 10.6 Å². The maximum absolute atomic E-state index is 11.7. The van der Waals surface area contributed by atoms with Gasteiger partial charge in [-0.1, -0.05) is 11.6 Å². The maximum Gasteiger partial charge on any atom is 0.253 e. The fourth-order valence-electron chi connectivity index (χ4n) is 1.51. The number of carbonyl (C=O) groups is 1. The number of rotatable bonds is 3. The Balaban J connectivity index is 3.20. The molecule has 0 aliphatic carbocycles. The normalized spacial score (nSPS) is 9.87. The van der Waals surface area contributed by atoms with Crippen molar-refractivity contribution in [3.05, 3.63) is 28.3 Å². The molecule has 0 aromatic heterocycles. The van der Waals surface area contributed by atoms with Crippen LogP contribution in [-0.2, 0) is 0 Å². The third-order valence-corrected chi connectivity index (χ3v) is 2.35. The molecule has 0 saturated carbocycles. The minimum Gasteiger partial charge on any atom is -0.387 e. The molecule has 1 aromatic rings. The van der Waals surface area contributed by atoms with Crippen molar-refractivity contribution in [1.82, 2.24) is 5.32 Å². The SMILES string of the molecule is CCNC(=O)c1cc(Cl)cc(C)c1NC. The highest BCUT2D eigenvalue weighted by Crippen LogP contribution is 2.24. The highest BCUT2D eigenvalue weighted by molar-refractivity contribution is 6.31. The van der Waals surface area contributed by atoms with Crippen molar-refractivity contribution in [3.63, 3.8) is 0 Å². The van der Waals surface area contributed by atoms with E-state index in [1.165, 1.54) is 0 Å². The quantitative estimate of drug-likeness (QED) is 0.831. The molecule has 0 heterocycles. The van der Waals surface area contributed by atoms with Gasteiger partial charge in [-0.05, 0) is 31.5 Å². The zero-order chi connectivity index (χ0) is 11.4. The van der Waals surface area contributed by atoms with Crippen LogP contribution in [0.15, 0.2) is 12.1 Å². The van der Waals surface area contributed by atoms with Crippen LogP contribution in [0.4, 0.5) is 5.69 Å². The van der Waals surface area contributed by atoms with E-state index in [1.807, 2.05) is 19.9 Å². The van der Waals surface area contributed by atoms with Crippen LogP contribution in [-0.4, -0.2) is 19.5 Å². The summed E-state index contributed by atoms with van der Waals surface area (Å²) in [6.07, 6.45) is 0. The first-order valence-corrected chi connectivity index (χ1v) is 5.24. The van der Waals surface area contributed by atoms with E-state index in [0.29, 0.717) is 17.1 Å². The van der Waals surface area contributed by atoms with Crippen LogP contribution in [0.5, 0.6) is 0 Å². The van der Waals surface area contributed by atoms with Crippen molar-refractivity contribution in [1.29, 1.82) is 0 Å². The van der Waals surface area contributed by atoms with Gasteiger partial charge in [0.1, 0.15) is 0 Å². The van der Waals surface area contributed by atoms with Gasteiger partial charge in [0, 0.05) is 24.3 Å². The molecule has 0 aliphatic heterocycles. The van der Waals surface area contributed by atoms with Gasteiger partial charge in [-0.15, -0.1) is 0 Å². The number of anilines is 1. The van der Waals surface area contributed by atoms with Crippen molar-refractivity contribution < 1.29 is 4.79 Å². The molecular formula is C11H15ClN2O. The van der Waals surface area contributed by atoms with Crippen LogP contribution in [0.3, 0.4) is 0 Å². The van der Waals surface area contributed by atoms with E-state index >= 15 is 0 Å². The summed E-state index contributed by atoms with van der Waals surface area (Å²) in [5.74, 6) is -0.104. The molecule has 0 spiro atoms. The van der Waals surface area contributed by atoms with E-state index in [-0.39, 0.29) is 5.91 Å². The first-order valence-electron chi connectivity index (χ1n) is 4.86. The van der Waals surface area contributed by atoms with E-state index in [4.69, 9.17) is 11.6 Å². The van der Waals surface area contributed by atoms with Crippen LogP contribution >= 0.6 is 11.6 Å². The highest BCUT2D eigenvalue weighted by Gasteiger charge is 2.12. The summed E-state index contributed by atoms with van der Waals surface area (Å²) in [6.45, 7) is 4.41. The smallest absolute Gasteiger partial charge is 0.253 e. The van der Waals surface area contributed by atoms with Gasteiger partial charge in [0.15, 0.2) is 0 Å². The van der Waals surface area contributed by atoms with E-state index in [0.717, 1.165) is 11.3 Å². The van der Waals surface area contributed by atoms with E-state index in [2.05, 4.69) is 10.6 Å². The van der Waals surface area contributed by atoms with Crippen molar-refractivity contribution in [3.8, 4) is 0 Å².